The summed E-state index contributed by atoms with van der Waals surface area (Å²) >= 11 is 0. The summed E-state index contributed by atoms with van der Waals surface area (Å²) in [6.07, 6.45) is 7.40. The van der Waals surface area contributed by atoms with E-state index in [2.05, 4.69) is 10.2 Å². The smallest absolute Gasteiger partial charge is 0.224 e. The van der Waals surface area contributed by atoms with Crippen molar-refractivity contribution in [3.63, 3.8) is 0 Å². The van der Waals surface area contributed by atoms with Crippen LogP contribution in [0.1, 0.15) is 37.3 Å². The third-order valence-electron chi connectivity index (χ3n) is 3.09. The molecule has 1 atom stereocenters. The minimum atomic E-state index is 0. The maximum Gasteiger partial charge on any atom is 0.224 e. The van der Waals surface area contributed by atoms with E-state index in [1.165, 1.54) is 6.42 Å². The molecule has 0 saturated carbocycles. The molecule has 1 fully saturated rings. The van der Waals surface area contributed by atoms with Gasteiger partial charge in [-0.2, -0.15) is 5.10 Å². The molecule has 0 radical (unpaired) electrons. The molecule has 1 aromatic rings. The van der Waals surface area contributed by atoms with Gasteiger partial charge in [-0.15, -0.1) is 24.8 Å². The highest BCUT2D eigenvalue weighted by Gasteiger charge is 2.27. The highest BCUT2D eigenvalue weighted by molar-refractivity contribution is 5.85. The van der Waals surface area contributed by atoms with Crippen molar-refractivity contribution in [2.24, 2.45) is 5.73 Å². The molecule has 0 aromatic carbocycles. The summed E-state index contributed by atoms with van der Waals surface area (Å²) in [6, 6.07) is 0.187. The second kappa shape index (κ2) is 8.34. The molecule has 3 N–H and O–H groups in total. The van der Waals surface area contributed by atoms with Gasteiger partial charge < -0.3 is 10.6 Å². The zero-order chi connectivity index (χ0) is 11.4. The van der Waals surface area contributed by atoms with Gasteiger partial charge >= 0.3 is 0 Å². The van der Waals surface area contributed by atoms with E-state index in [4.69, 9.17) is 5.73 Å². The van der Waals surface area contributed by atoms with Crippen molar-refractivity contribution in [2.45, 2.75) is 31.7 Å². The average molecular weight is 295 g/mol. The number of piperidine rings is 1. The van der Waals surface area contributed by atoms with Gasteiger partial charge in [0, 0.05) is 31.3 Å². The van der Waals surface area contributed by atoms with E-state index in [1.807, 2.05) is 11.1 Å². The maximum absolute atomic E-state index is 11.9. The molecule has 0 spiro atoms. The lowest BCUT2D eigenvalue weighted by Gasteiger charge is -2.35. The van der Waals surface area contributed by atoms with Crippen LogP contribution in [0, 0.1) is 0 Å². The summed E-state index contributed by atoms with van der Waals surface area (Å²) in [5.41, 5.74) is 6.54. The summed E-state index contributed by atoms with van der Waals surface area (Å²) in [7, 11) is 0. The Morgan fingerprint density at radius 1 is 1.50 bits per heavy atom. The third-order valence-corrected chi connectivity index (χ3v) is 3.09. The number of nitrogens with two attached hydrogens (primary N) is 1. The van der Waals surface area contributed by atoms with Crippen molar-refractivity contribution in [1.82, 2.24) is 15.1 Å². The lowest BCUT2D eigenvalue weighted by atomic mass is 9.97. The molecule has 1 aromatic heterocycles. The maximum atomic E-state index is 11.9. The monoisotopic (exact) mass is 294 g/mol. The van der Waals surface area contributed by atoms with Crippen LogP contribution >= 0.6 is 24.8 Å². The number of likely N-dealkylation sites (tertiary alicyclic amines) is 1. The van der Waals surface area contributed by atoms with Crippen LogP contribution < -0.4 is 5.73 Å². The lowest BCUT2D eigenvalue weighted by molar-refractivity contribution is -0.134. The number of nitrogens with zero attached hydrogens (tertiary/aromatic N) is 2. The molecule has 0 bridgehead atoms. The fourth-order valence-electron chi connectivity index (χ4n) is 2.29. The Bertz CT molecular complexity index is 345. The van der Waals surface area contributed by atoms with Crippen LogP contribution in [0.4, 0.5) is 0 Å². The zero-order valence-corrected chi connectivity index (χ0v) is 11.8. The number of halogens is 2. The number of aromatic amines is 1. The van der Waals surface area contributed by atoms with Crippen LogP contribution in [0.25, 0.3) is 0 Å². The minimum Gasteiger partial charge on any atom is -0.336 e. The second-order valence-corrected chi connectivity index (χ2v) is 4.17. The van der Waals surface area contributed by atoms with Gasteiger partial charge in [0.05, 0.1) is 12.2 Å². The standard InChI is InChI=1S/C11H18N4O.2ClH/c12-5-4-11(16)15-6-2-1-3-10(15)9-7-13-14-8-9;;/h7-8,10H,1-6,12H2,(H,13,14);2*1H. The number of amides is 1. The van der Waals surface area contributed by atoms with Crippen LogP contribution in [-0.2, 0) is 4.79 Å². The quantitative estimate of drug-likeness (QED) is 0.890. The van der Waals surface area contributed by atoms with E-state index < -0.39 is 0 Å². The number of rotatable bonds is 3. The second-order valence-electron chi connectivity index (χ2n) is 4.17. The van der Waals surface area contributed by atoms with Crippen LogP contribution in [0.3, 0.4) is 0 Å². The van der Waals surface area contributed by atoms with Crippen molar-refractivity contribution < 1.29 is 4.79 Å². The summed E-state index contributed by atoms with van der Waals surface area (Å²) in [5.74, 6) is 0.161. The summed E-state index contributed by atoms with van der Waals surface area (Å²) in [6.45, 7) is 1.27. The topological polar surface area (TPSA) is 75.0 Å². The number of carbonyl (C=O) groups excluding carboxylic acids is 1. The summed E-state index contributed by atoms with van der Waals surface area (Å²) < 4.78 is 0. The molecular weight excluding hydrogens is 275 g/mol. The first-order valence-electron chi connectivity index (χ1n) is 5.81. The van der Waals surface area contributed by atoms with E-state index >= 15 is 0 Å². The molecular formula is C11H20Cl2N4O. The largest absolute Gasteiger partial charge is 0.336 e. The van der Waals surface area contributed by atoms with Gasteiger partial charge in [0.1, 0.15) is 0 Å². The van der Waals surface area contributed by atoms with E-state index in [9.17, 15) is 4.79 Å². The average Bonchev–Trinajstić information content (AvgIpc) is 2.83. The lowest BCUT2D eigenvalue weighted by Crippen LogP contribution is -2.39. The fraction of sp³-hybridized carbons (Fsp3) is 0.636. The molecule has 104 valence electrons. The van der Waals surface area contributed by atoms with Gasteiger partial charge in [-0.3, -0.25) is 9.89 Å². The summed E-state index contributed by atoms with van der Waals surface area (Å²) in [4.78, 5) is 13.9. The normalized spacial score (nSPS) is 18.7. The highest BCUT2D eigenvalue weighted by Crippen LogP contribution is 2.30. The Labute approximate surface area is 119 Å². The van der Waals surface area contributed by atoms with Crippen molar-refractivity contribution in [2.75, 3.05) is 13.1 Å². The molecule has 1 aliphatic heterocycles. The molecule has 1 amide bonds. The fourth-order valence-corrected chi connectivity index (χ4v) is 2.29. The Morgan fingerprint density at radius 3 is 2.89 bits per heavy atom. The van der Waals surface area contributed by atoms with E-state index in [-0.39, 0.29) is 36.8 Å². The zero-order valence-electron chi connectivity index (χ0n) is 10.2. The first-order valence-corrected chi connectivity index (χ1v) is 5.81. The first-order chi connectivity index (χ1) is 7.83. The number of H-pyrrole nitrogens is 1. The third kappa shape index (κ3) is 3.86. The van der Waals surface area contributed by atoms with E-state index in [0.717, 1.165) is 24.9 Å². The van der Waals surface area contributed by atoms with Gasteiger partial charge in [-0.05, 0) is 19.3 Å². The van der Waals surface area contributed by atoms with Crippen molar-refractivity contribution in [3.05, 3.63) is 18.0 Å². The highest BCUT2D eigenvalue weighted by atomic mass is 35.5. The van der Waals surface area contributed by atoms with Crippen molar-refractivity contribution in [3.8, 4) is 0 Å². The summed E-state index contributed by atoms with van der Waals surface area (Å²) in [5, 5.41) is 6.76. The number of nitrogens with one attached hydrogen (secondary N) is 1. The van der Waals surface area contributed by atoms with Crippen LogP contribution in [0.5, 0.6) is 0 Å². The molecule has 0 aliphatic carbocycles. The van der Waals surface area contributed by atoms with E-state index in [0.29, 0.717) is 13.0 Å². The Kier molecular flexibility index (Phi) is 7.98. The number of hydrogen-bond acceptors (Lipinski definition) is 3. The number of carbonyl (C=O) groups is 1. The molecule has 5 nitrogen and oxygen atoms in total. The van der Waals surface area contributed by atoms with Crippen molar-refractivity contribution in [1.29, 1.82) is 0 Å². The van der Waals surface area contributed by atoms with Gasteiger partial charge in [-0.1, -0.05) is 0 Å². The predicted molar refractivity (Wildman–Crippen MR) is 75.1 cm³/mol. The molecule has 1 saturated heterocycles. The molecule has 2 heterocycles. The Morgan fingerprint density at radius 2 is 2.28 bits per heavy atom. The SMILES string of the molecule is Cl.Cl.NCCC(=O)N1CCCCC1c1cn[nH]c1. The predicted octanol–water partition coefficient (Wildman–Crippen LogP) is 1.66. The Hall–Kier alpha value is -0.780. The Balaban J connectivity index is 0.00000144. The molecule has 1 unspecified atom stereocenters. The molecule has 7 heteroatoms. The van der Waals surface area contributed by atoms with Crippen LogP contribution in [-0.4, -0.2) is 34.1 Å². The number of aromatic nitrogens is 2. The van der Waals surface area contributed by atoms with E-state index in [1.54, 1.807) is 6.20 Å². The van der Waals surface area contributed by atoms with Crippen LogP contribution in [0.2, 0.25) is 0 Å². The minimum absolute atomic E-state index is 0. The van der Waals surface area contributed by atoms with Gasteiger partial charge in [0.25, 0.3) is 0 Å². The van der Waals surface area contributed by atoms with Gasteiger partial charge in [-0.25, -0.2) is 0 Å². The van der Waals surface area contributed by atoms with Crippen molar-refractivity contribution >= 4 is 30.7 Å². The molecule has 2 rings (SSSR count). The van der Waals surface area contributed by atoms with Gasteiger partial charge in [0.15, 0.2) is 0 Å². The molecule has 18 heavy (non-hydrogen) atoms. The first kappa shape index (κ1) is 17.2. The van der Waals surface area contributed by atoms with Crippen LogP contribution in [0.15, 0.2) is 12.4 Å². The molecule has 1 aliphatic rings. The van der Waals surface area contributed by atoms with Gasteiger partial charge in [0.2, 0.25) is 5.91 Å². The number of hydrogen-bond donors (Lipinski definition) is 2.